The Bertz CT molecular complexity index is 1070. The van der Waals surface area contributed by atoms with E-state index in [9.17, 15) is 14.4 Å². The van der Waals surface area contributed by atoms with Crippen LogP contribution >= 0.6 is 0 Å². The van der Waals surface area contributed by atoms with Crippen LogP contribution in [0, 0.1) is 6.92 Å². The normalized spacial score (nSPS) is 16.9. The zero-order valence-corrected chi connectivity index (χ0v) is 16.1. The largest absolute Gasteiger partial charge is 0.323 e. The van der Waals surface area contributed by atoms with Gasteiger partial charge < -0.3 is 19.8 Å². The number of piperazine rings is 1. The molecule has 7 nitrogen and oxygen atoms in total. The molecule has 1 fully saturated rings. The minimum atomic E-state index is -0.447. The van der Waals surface area contributed by atoms with Crippen LogP contribution in [0.5, 0.6) is 0 Å². The molecular formula is C22H22N4O3. The first-order valence-electron chi connectivity index (χ1n) is 9.51. The summed E-state index contributed by atoms with van der Waals surface area (Å²) in [6, 6.07) is 17.4. The summed E-state index contributed by atoms with van der Waals surface area (Å²) in [6.45, 7) is 2.34. The average molecular weight is 390 g/mol. The van der Waals surface area contributed by atoms with Gasteiger partial charge in [-0.25, -0.2) is 4.79 Å². The quantitative estimate of drug-likeness (QED) is 0.715. The number of carbonyl (C=O) groups excluding carboxylic acids is 2. The first kappa shape index (κ1) is 18.7. The summed E-state index contributed by atoms with van der Waals surface area (Å²) in [6.07, 6.45) is 1.96. The highest BCUT2D eigenvalue weighted by Crippen LogP contribution is 2.23. The SMILES string of the molecule is Cc1ccc(N2CC(Cc3ccccc3)N(C(=O)c3c[nH]c(=O)[nH]3)CC2=O)cc1. The Morgan fingerprint density at radius 2 is 1.79 bits per heavy atom. The molecule has 1 aromatic heterocycles. The van der Waals surface area contributed by atoms with Crippen LogP contribution in [0.3, 0.4) is 0 Å². The first-order chi connectivity index (χ1) is 14.0. The van der Waals surface area contributed by atoms with Gasteiger partial charge in [-0.05, 0) is 31.0 Å². The molecule has 29 heavy (non-hydrogen) atoms. The van der Waals surface area contributed by atoms with E-state index in [1.54, 1.807) is 9.80 Å². The number of aromatic nitrogens is 2. The lowest BCUT2D eigenvalue weighted by molar-refractivity contribution is -0.121. The number of nitrogens with one attached hydrogen (secondary N) is 2. The summed E-state index contributed by atoms with van der Waals surface area (Å²) in [5.74, 6) is -0.509. The van der Waals surface area contributed by atoms with Crippen molar-refractivity contribution in [3.05, 3.63) is 88.1 Å². The highest BCUT2D eigenvalue weighted by molar-refractivity contribution is 6.01. The van der Waals surface area contributed by atoms with Gasteiger partial charge in [0.2, 0.25) is 5.91 Å². The second-order valence-electron chi connectivity index (χ2n) is 7.27. The number of carbonyl (C=O) groups is 2. The first-order valence-corrected chi connectivity index (χ1v) is 9.51. The van der Waals surface area contributed by atoms with Gasteiger partial charge in [0, 0.05) is 18.4 Å². The van der Waals surface area contributed by atoms with Crippen molar-refractivity contribution in [2.75, 3.05) is 18.0 Å². The lowest BCUT2D eigenvalue weighted by atomic mass is 10.0. The average Bonchev–Trinajstić information content (AvgIpc) is 3.16. The number of aryl methyl sites for hydroxylation is 1. The van der Waals surface area contributed by atoms with Crippen LogP contribution in [-0.2, 0) is 11.2 Å². The van der Waals surface area contributed by atoms with Gasteiger partial charge in [-0.3, -0.25) is 9.59 Å². The number of rotatable bonds is 4. The maximum atomic E-state index is 13.0. The van der Waals surface area contributed by atoms with Crippen molar-refractivity contribution in [2.45, 2.75) is 19.4 Å². The predicted molar refractivity (Wildman–Crippen MR) is 110 cm³/mol. The van der Waals surface area contributed by atoms with E-state index < -0.39 is 5.69 Å². The molecule has 1 saturated heterocycles. The highest BCUT2D eigenvalue weighted by atomic mass is 16.2. The smallest absolute Gasteiger partial charge is 0.323 e. The molecule has 148 valence electrons. The third kappa shape index (κ3) is 3.99. The van der Waals surface area contributed by atoms with E-state index in [4.69, 9.17) is 0 Å². The van der Waals surface area contributed by atoms with E-state index in [1.165, 1.54) is 6.20 Å². The van der Waals surface area contributed by atoms with E-state index in [1.807, 2.05) is 61.5 Å². The third-order valence-corrected chi connectivity index (χ3v) is 5.19. The van der Waals surface area contributed by atoms with Crippen LogP contribution in [-0.4, -0.2) is 45.8 Å². The standard InChI is InChI=1S/C22H22N4O3/c1-15-7-9-17(10-8-15)25-13-18(11-16-5-3-2-4-6-16)26(14-20(25)27)21(28)19-12-23-22(29)24-19/h2-10,12,18H,11,13-14H2,1H3,(H2,23,24,29). The van der Waals surface area contributed by atoms with Gasteiger partial charge in [-0.15, -0.1) is 0 Å². The molecule has 2 aromatic carbocycles. The topological polar surface area (TPSA) is 89.3 Å². The maximum absolute atomic E-state index is 13.0. The number of imidazole rings is 1. The molecule has 0 bridgehead atoms. The number of amides is 2. The second kappa shape index (κ2) is 7.79. The van der Waals surface area contributed by atoms with Crippen molar-refractivity contribution >= 4 is 17.5 Å². The monoisotopic (exact) mass is 390 g/mol. The van der Waals surface area contributed by atoms with Crippen LogP contribution in [0.15, 0.2) is 65.6 Å². The van der Waals surface area contributed by atoms with Gasteiger partial charge in [0.1, 0.15) is 12.2 Å². The number of anilines is 1. The van der Waals surface area contributed by atoms with Gasteiger partial charge in [0.05, 0.1) is 6.04 Å². The van der Waals surface area contributed by atoms with E-state index in [-0.39, 0.29) is 30.1 Å². The van der Waals surface area contributed by atoms with Crippen LogP contribution in [0.4, 0.5) is 5.69 Å². The Hall–Kier alpha value is -3.61. The predicted octanol–water partition coefficient (Wildman–Crippen LogP) is 2.11. The van der Waals surface area contributed by atoms with Crippen molar-refractivity contribution < 1.29 is 9.59 Å². The van der Waals surface area contributed by atoms with Crippen molar-refractivity contribution in [1.82, 2.24) is 14.9 Å². The molecule has 3 aromatic rings. The van der Waals surface area contributed by atoms with Gasteiger partial charge in [-0.2, -0.15) is 0 Å². The highest BCUT2D eigenvalue weighted by Gasteiger charge is 2.36. The third-order valence-electron chi connectivity index (χ3n) is 5.19. The van der Waals surface area contributed by atoms with Gasteiger partial charge in [0.25, 0.3) is 5.91 Å². The van der Waals surface area contributed by atoms with Crippen molar-refractivity contribution in [3.63, 3.8) is 0 Å². The van der Waals surface area contributed by atoms with Crippen molar-refractivity contribution in [3.8, 4) is 0 Å². The molecule has 2 heterocycles. The summed E-state index contributed by atoms with van der Waals surface area (Å²) in [5.41, 5.74) is 2.73. The van der Waals surface area contributed by atoms with Crippen LogP contribution in [0.1, 0.15) is 21.6 Å². The zero-order chi connectivity index (χ0) is 20.4. The molecule has 0 aliphatic carbocycles. The lowest BCUT2D eigenvalue weighted by Crippen LogP contribution is -2.59. The maximum Gasteiger partial charge on any atom is 0.323 e. The molecule has 2 N–H and O–H groups in total. The minimum absolute atomic E-state index is 0.0442. The molecule has 1 aliphatic heterocycles. The number of aromatic amines is 2. The summed E-state index contributed by atoms with van der Waals surface area (Å²) in [4.78, 5) is 45.5. The Morgan fingerprint density at radius 1 is 1.07 bits per heavy atom. The molecule has 0 spiro atoms. The number of hydrogen-bond acceptors (Lipinski definition) is 3. The summed E-state index contributed by atoms with van der Waals surface area (Å²) < 4.78 is 0. The van der Waals surface area contributed by atoms with Crippen molar-refractivity contribution in [2.24, 2.45) is 0 Å². The van der Waals surface area contributed by atoms with E-state index in [0.717, 1.165) is 16.8 Å². The minimum Gasteiger partial charge on any atom is -0.323 e. The summed E-state index contributed by atoms with van der Waals surface area (Å²) >= 11 is 0. The fourth-order valence-corrected chi connectivity index (χ4v) is 3.65. The molecule has 7 heteroatoms. The van der Waals surface area contributed by atoms with Crippen LogP contribution in [0.2, 0.25) is 0 Å². The number of hydrogen-bond donors (Lipinski definition) is 2. The van der Waals surface area contributed by atoms with Crippen molar-refractivity contribution in [1.29, 1.82) is 0 Å². The van der Waals surface area contributed by atoms with Crippen LogP contribution in [0.25, 0.3) is 0 Å². The van der Waals surface area contributed by atoms with E-state index >= 15 is 0 Å². The Balaban J connectivity index is 1.64. The number of benzene rings is 2. The molecule has 0 radical (unpaired) electrons. The molecule has 2 amide bonds. The number of nitrogens with zero attached hydrogens (tertiary/aromatic N) is 2. The van der Waals surface area contributed by atoms with Gasteiger partial charge in [0.15, 0.2) is 0 Å². The van der Waals surface area contributed by atoms with E-state index in [2.05, 4.69) is 9.97 Å². The zero-order valence-electron chi connectivity index (χ0n) is 16.1. The lowest BCUT2D eigenvalue weighted by Gasteiger charge is -2.41. The fraction of sp³-hybridized carbons (Fsp3) is 0.227. The van der Waals surface area contributed by atoms with Gasteiger partial charge >= 0.3 is 5.69 Å². The summed E-state index contributed by atoms with van der Waals surface area (Å²) in [5, 5.41) is 0. The molecule has 0 saturated carbocycles. The van der Waals surface area contributed by atoms with Gasteiger partial charge in [-0.1, -0.05) is 48.0 Å². The second-order valence-corrected chi connectivity index (χ2v) is 7.27. The molecule has 4 rings (SSSR count). The Labute approximate surface area is 168 Å². The van der Waals surface area contributed by atoms with Crippen LogP contribution < -0.4 is 10.6 Å². The van der Waals surface area contributed by atoms with E-state index in [0.29, 0.717) is 13.0 Å². The fourth-order valence-electron chi connectivity index (χ4n) is 3.65. The molecule has 1 unspecified atom stereocenters. The Morgan fingerprint density at radius 3 is 2.45 bits per heavy atom. The number of H-pyrrole nitrogens is 2. The summed E-state index contributed by atoms with van der Waals surface area (Å²) in [7, 11) is 0. The molecule has 1 atom stereocenters. The molecule has 1 aliphatic rings. The Kier molecular flexibility index (Phi) is 5.03. The molecular weight excluding hydrogens is 368 g/mol.